The van der Waals surface area contributed by atoms with E-state index in [0.717, 1.165) is 21.8 Å². The molecule has 0 saturated carbocycles. The Morgan fingerprint density at radius 2 is 1.93 bits per heavy atom. The van der Waals surface area contributed by atoms with Crippen LogP contribution in [0.4, 0.5) is 10.5 Å². The van der Waals surface area contributed by atoms with Crippen molar-refractivity contribution in [2.24, 2.45) is 0 Å². The second-order valence-corrected chi connectivity index (χ2v) is 7.17. The van der Waals surface area contributed by atoms with Crippen LogP contribution in [0, 0.1) is 6.92 Å². The third kappa shape index (κ3) is 5.04. The molecule has 0 aliphatic carbocycles. The monoisotopic (exact) mass is 383 g/mol. The highest BCUT2D eigenvalue weighted by Gasteiger charge is 2.08. The maximum Gasteiger partial charge on any atom is 0.406 e. The molecule has 2 amide bonds. The number of rotatable bonds is 6. The van der Waals surface area contributed by atoms with E-state index in [-0.39, 0.29) is 5.91 Å². The van der Waals surface area contributed by atoms with Gasteiger partial charge in [-0.3, -0.25) is 4.79 Å². The number of thiazole rings is 1. The van der Waals surface area contributed by atoms with Gasteiger partial charge in [-0.1, -0.05) is 6.07 Å². The zero-order valence-electron chi connectivity index (χ0n) is 15.2. The standard InChI is InChI=1S/C20H21N3O3S/c1-13-5-10-16-17(12-13)27-19(23-16)14-6-8-15(9-7-14)22-18(24)4-3-11-21-20(25)26-2/h5-10,12H,3-4,11H2,1-2H3,(H,21,25)(H,22,24). The number of ether oxygens (including phenoxy) is 1. The highest BCUT2D eigenvalue weighted by molar-refractivity contribution is 7.21. The molecule has 3 aromatic rings. The molecule has 1 heterocycles. The Balaban J connectivity index is 1.56. The van der Waals surface area contributed by atoms with E-state index < -0.39 is 6.09 Å². The van der Waals surface area contributed by atoms with E-state index in [4.69, 9.17) is 0 Å². The first-order valence-corrected chi connectivity index (χ1v) is 9.46. The van der Waals surface area contributed by atoms with Crippen LogP contribution in [0.1, 0.15) is 18.4 Å². The number of anilines is 1. The number of nitrogens with zero attached hydrogens (tertiary/aromatic N) is 1. The van der Waals surface area contributed by atoms with Gasteiger partial charge >= 0.3 is 6.09 Å². The molecule has 0 radical (unpaired) electrons. The molecule has 1 aromatic heterocycles. The van der Waals surface area contributed by atoms with Crippen molar-refractivity contribution in [2.75, 3.05) is 19.0 Å². The summed E-state index contributed by atoms with van der Waals surface area (Å²) in [6.07, 6.45) is 0.378. The van der Waals surface area contributed by atoms with Crippen molar-refractivity contribution in [3.05, 3.63) is 48.0 Å². The Morgan fingerprint density at radius 1 is 1.15 bits per heavy atom. The van der Waals surface area contributed by atoms with Crippen molar-refractivity contribution < 1.29 is 14.3 Å². The molecule has 0 fully saturated rings. The van der Waals surface area contributed by atoms with Crippen LogP contribution in [0.2, 0.25) is 0 Å². The zero-order chi connectivity index (χ0) is 19.2. The summed E-state index contributed by atoms with van der Waals surface area (Å²) in [7, 11) is 1.31. The SMILES string of the molecule is COC(=O)NCCCC(=O)Nc1ccc(-c2nc3ccc(C)cc3s2)cc1. The lowest BCUT2D eigenvalue weighted by Crippen LogP contribution is -2.25. The number of aryl methyl sites for hydroxylation is 1. The second-order valence-electron chi connectivity index (χ2n) is 6.14. The topological polar surface area (TPSA) is 80.3 Å². The third-order valence-corrected chi connectivity index (χ3v) is 5.06. The van der Waals surface area contributed by atoms with Gasteiger partial charge in [0.2, 0.25) is 5.91 Å². The van der Waals surface area contributed by atoms with E-state index >= 15 is 0 Å². The van der Waals surface area contributed by atoms with Gasteiger partial charge in [-0.05, 0) is 55.3 Å². The van der Waals surface area contributed by atoms with E-state index in [1.165, 1.54) is 17.4 Å². The van der Waals surface area contributed by atoms with Gasteiger partial charge in [0.1, 0.15) is 5.01 Å². The first-order chi connectivity index (χ1) is 13.0. The third-order valence-electron chi connectivity index (χ3n) is 3.99. The van der Waals surface area contributed by atoms with Gasteiger partial charge in [0, 0.05) is 24.2 Å². The largest absolute Gasteiger partial charge is 0.453 e. The first kappa shape index (κ1) is 18.8. The first-order valence-electron chi connectivity index (χ1n) is 8.64. The molecule has 0 saturated heterocycles. The minimum absolute atomic E-state index is 0.0927. The maximum absolute atomic E-state index is 12.0. The second kappa shape index (κ2) is 8.64. The molecule has 0 aliphatic heterocycles. The minimum atomic E-state index is -0.490. The van der Waals surface area contributed by atoms with Gasteiger partial charge in [0.05, 0.1) is 17.3 Å². The molecule has 140 valence electrons. The van der Waals surface area contributed by atoms with E-state index in [9.17, 15) is 9.59 Å². The van der Waals surface area contributed by atoms with Crippen LogP contribution >= 0.6 is 11.3 Å². The summed E-state index contributed by atoms with van der Waals surface area (Å²) >= 11 is 1.66. The van der Waals surface area contributed by atoms with Crippen molar-refractivity contribution >= 4 is 39.2 Å². The molecular weight excluding hydrogens is 362 g/mol. The highest BCUT2D eigenvalue weighted by Crippen LogP contribution is 2.31. The molecule has 7 heteroatoms. The number of methoxy groups -OCH3 is 1. The van der Waals surface area contributed by atoms with Crippen molar-refractivity contribution in [2.45, 2.75) is 19.8 Å². The molecular formula is C20H21N3O3S. The number of aromatic nitrogens is 1. The number of carbonyl (C=O) groups excluding carboxylic acids is 2. The summed E-state index contributed by atoms with van der Waals surface area (Å²) < 4.78 is 5.64. The molecule has 27 heavy (non-hydrogen) atoms. The Hall–Kier alpha value is -2.93. The Labute approximate surface area is 161 Å². The van der Waals surface area contributed by atoms with Crippen molar-refractivity contribution in [1.29, 1.82) is 0 Å². The summed E-state index contributed by atoms with van der Waals surface area (Å²) in [5.74, 6) is -0.0927. The lowest BCUT2D eigenvalue weighted by atomic mass is 10.2. The molecule has 2 aromatic carbocycles. The quantitative estimate of drug-likeness (QED) is 0.620. The number of amides is 2. The number of benzene rings is 2. The Kier molecular flexibility index (Phi) is 6.03. The van der Waals surface area contributed by atoms with Crippen LogP contribution in [-0.2, 0) is 9.53 Å². The van der Waals surface area contributed by atoms with Crippen molar-refractivity contribution in [1.82, 2.24) is 10.3 Å². The summed E-state index contributed by atoms with van der Waals surface area (Å²) in [6, 6.07) is 13.9. The average molecular weight is 383 g/mol. The van der Waals surface area contributed by atoms with E-state index in [1.54, 1.807) is 11.3 Å². The number of hydrogen-bond acceptors (Lipinski definition) is 5. The maximum atomic E-state index is 12.0. The van der Waals surface area contributed by atoms with Gasteiger partial charge in [-0.2, -0.15) is 0 Å². The Morgan fingerprint density at radius 3 is 2.67 bits per heavy atom. The van der Waals surface area contributed by atoms with Gasteiger partial charge in [0.25, 0.3) is 0 Å². The van der Waals surface area contributed by atoms with Crippen LogP contribution in [0.15, 0.2) is 42.5 Å². The summed E-state index contributed by atoms with van der Waals surface area (Å²) in [5, 5.41) is 6.36. The van der Waals surface area contributed by atoms with Crippen LogP contribution in [-0.4, -0.2) is 30.6 Å². The van der Waals surface area contributed by atoms with E-state index in [2.05, 4.69) is 39.4 Å². The lowest BCUT2D eigenvalue weighted by molar-refractivity contribution is -0.116. The fourth-order valence-electron chi connectivity index (χ4n) is 2.59. The summed E-state index contributed by atoms with van der Waals surface area (Å²) in [4.78, 5) is 27.6. The van der Waals surface area contributed by atoms with Gasteiger partial charge in [0.15, 0.2) is 0 Å². The van der Waals surface area contributed by atoms with E-state index in [1.807, 2.05) is 30.3 Å². The molecule has 0 atom stereocenters. The fourth-order valence-corrected chi connectivity index (χ4v) is 3.66. The number of nitrogens with one attached hydrogen (secondary N) is 2. The van der Waals surface area contributed by atoms with Crippen LogP contribution < -0.4 is 10.6 Å². The van der Waals surface area contributed by atoms with Crippen LogP contribution in [0.5, 0.6) is 0 Å². The number of alkyl carbamates (subject to hydrolysis) is 1. The van der Waals surface area contributed by atoms with Gasteiger partial charge in [-0.15, -0.1) is 11.3 Å². The molecule has 0 unspecified atom stereocenters. The normalized spacial score (nSPS) is 10.6. The minimum Gasteiger partial charge on any atom is -0.453 e. The molecule has 0 bridgehead atoms. The average Bonchev–Trinajstić information content (AvgIpc) is 3.08. The predicted octanol–water partition coefficient (Wildman–Crippen LogP) is 4.35. The zero-order valence-corrected chi connectivity index (χ0v) is 16.1. The smallest absolute Gasteiger partial charge is 0.406 e. The molecule has 6 nitrogen and oxygen atoms in total. The fraction of sp³-hybridized carbons (Fsp3) is 0.250. The summed E-state index contributed by atoms with van der Waals surface area (Å²) in [6.45, 7) is 2.47. The van der Waals surface area contributed by atoms with Crippen LogP contribution in [0.3, 0.4) is 0 Å². The predicted molar refractivity (Wildman–Crippen MR) is 108 cm³/mol. The molecule has 3 rings (SSSR count). The Bertz CT molecular complexity index is 951. The van der Waals surface area contributed by atoms with E-state index in [0.29, 0.717) is 19.4 Å². The highest BCUT2D eigenvalue weighted by atomic mass is 32.1. The van der Waals surface area contributed by atoms with Crippen molar-refractivity contribution in [3.63, 3.8) is 0 Å². The molecule has 0 aliphatic rings. The number of hydrogen-bond donors (Lipinski definition) is 2. The molecule has 2 N–H and O–H groups in total. The van der Waals surface area contributed by atoms with Gasteiger partial charge in [-0.25, -0.2) is 9.78 Å². The van der Waals surface area contributed by atoms with Crippen molar-refractivity contribution in [3.8, 4) is 10.6 Å². The number of fused-ring (bicyclic) bond motifs is 1. The number of carbonyl (C=O) groups is 2. The van der Waals surface area contributed by atoms with Gasteiger partial charge < -0.3 is 15.4 Å². The lowest BCUT2D eigenvalue weighted by Gasteiger charge is -2.06. The summed E-state index contributed by atoms with van der Waals surface area (Å²) in [5.41, 5.74) is 3.98. The van der Waals surface area contributed by atoms with Crippen LogP contribution in [0.25, 0.3) is 20.8 Å². The molecule has 0 spiro atoms.